The third-order valence-electron chi connectivity index (χ3n) is 1.69. The Balaban J connectivity index is 3.24. The van der Waals surface area contributed by atoms with Gasteiger partial charge in [0, 0.05) is 0 Å². The van der Waals surface area contributed by atoms with Crippen molar-refractivity contribution in [1.29, 1.82) is 0 Å². The molecular formula is C9H7BrF2O2. The molecule has 0 aliphatic heterocycles. The molecule has 0 aliphatic rings. The summed E-state index contributed by atoms with van der Waals surface area (Å²) >= 11 is 2.88. The zero-order chi connectivity index (χ0) is 10.7. The molecule has 1 aromatic rings. The Morgan fingerprint density at radius 1 is 1.43 bits per heavy atom. The van der Waals surface area contributed by atoms with E-state index in [1.54, 1.807) is 0 Å². The standard InChI is InChI=1S/C9H7BrF2O2/c1-14-7-3-2-5(6(13)4-10)8(11)9(7)12/h2-3H,4H2,1H3. The van der Waals surface area contributed by atoms with E-state index in [9.17, 15) is 13.6 Å². The number of ether oxygens (including phenoxy) is 1. The molecule has 0 spiro atoms. The molecule has 14 heavy (non-hydrogen) atoms. The second-order valence-corrected chi connectivity index (χ2v) is 3.06. The maximum Gasteiger partial charge on any atom is 0.201 e. The normalized spacial score (nSPS) is 10.0. The smallest absolute Gasteiger partial charge is 0.201 e. The number of benzene rings is 1. The van der Waals surface area contributed by atoms with Crippen molar-refractivity contribution in [2.75, 3.05) is 12.4 Å². The Labute approximate surface area is 88.0 Å². The SMILES string of the molecule is COc1ccc(C(=O)CBr)c(F)c1F. The van der Waals surface area contributed by atoms with Gasteiger partial charge in [-0.1, -0.05) is 15.9 Å². The molecule has 0 aromatic heterocycles. The van der Waals surface area contributed by atoms with Gasteiger partial charge in [0.1, 0.15) is 0 Å². The van der Waals surface area contributed by atoms with Crippen LogP contribution >= 0.6 is 15.9 Å². The Hall–Kier alpha value is -0.970. The average molecular weight is 265 g/mol. The number of alkyl halides is 1. The van der Waals surface area contributed by atoms with Crippen LogP contribution in [0.5, 0.6) is 5.75 Å². The van der Waals surface area contributed by atoms with Gasteiger partial charge in [-0.25, -0.2) is 4.39 Å². The van der Waals surface area contributed by atoms with Crippen molar-refractivity contribution < 1.29 is 18.3 Å². The zero-order valence-corrected chi connectivity index (χ0v) is 8.90. The zero-order valence-electron chi connectivity index (χ0n) is 7.31. The van der Waals surface area contributed by atoms with E-state index in [2.05, 4.69) is 20.7 Å². The number of ketones is 1. The third-order valence-corrected chi connectivity index (χ3v) is 2.20. The van der Waals surface area contributed by atoms with Crippen LogP contribution in [0.15, 0.2) is 12.1 Å². The van der Waals surface area contributed by atoms with Crippen LogP contribution in [-0.4, -0.2) is 18.2 Å². The number of halogens is 3. The van der Waals surface area contributed by atoms with E-state index < -0.39 is 17.4 Å². The number of carbonyl (C=O) groups excluding carboxylic acids is 1. The summed E-state index contributed by atoms with van der Waals surface area (Å²) in [6.45, 7) is 0. The molecule has 0 heterocycles. The van der Waals surface area contributed by atoms with Crippen LogP contribution in [0.4, 0.5) is 8.78 Å². The summed E-state index contributed by atoms with van der Waals surface area (Å²) in [5, 5.41) is -0.0459. The maximum absolute atomic E-state index is 13.2. The summed E-state index contributed by atoms with van der Waals surface area (Å²) in [7, 11) is 1.23. The summed E-state index contributed by atoms with van der Waals surface area (Å²) < 4.78 is 30.8. The Bertz CT molecular complexity index is 366. The van der Waals surface area contributed by atoms with Gasteiger partial charge in [-0.2, -0.15) is 4.39 Å². The molecule has 0 radical (unpaired) electrons. The van der Waals surface area contributed by atoms with E-state index in [0.717, 1.165) is 0 Å². The molecule has 0 atom stereocenters. The van der Waals surface area contributed by atoms with Crippen LogP contribution in [0.2, 0.25) is 0 Å². The first kappa shape index (κ1) is 11.1. The molecule has 0 unspecified atom stereocenters. The summed E-state index contributed by atoms with van der Waals surface area (Å²) in [5.74, 6) is -3.04. The number of rotatable bonds is 3. The monoisotopic (exact) mass is 264 g/mol. The van der Waals surface area contributed by atoms with Crippen molar-refractivity contribution in [3.05, 3.63) is 29.3 Å². The van der Waals surface area contributed by atoms with Gasteiger partial charge in [0.25, 0.3) is 0 Å². The van der Waals surface area contributed by atoms with Crippen LogP contribution < -0.4 is 4.74 Å². The van der Waals surface area contributed by atoms with Crippen molar-refractivity contribution in [2.45, 2.75) is 0 Å². The molecule has 0 bridgehead atoms. The largest absolute Gasteiger partial charge is 0.494 e. The minimum atomic E-state index is -1.17. The first-order valence-corrected chi connectivity index (χ1v) is 4.85. The van der Waals surface area contributed by atoms with Crippen molar-refractivity contribution in [3.8, 4) is 5.75 Å². The molecule has 0 amide bonds. The highest BCUT2D eigenvalue weighted by Gasteiger charge is 2.17. The fourth-order valence-corrected chi connectivity index (χ4v) is 1.28. The summed E-state index contributed by atoms with van der Waals surface area (Å²) in [6, 6.07) is 2.41. The molecule has 0 N–H and O–H groups in total. The number of methoxy groups -OCH3 is 1. The molecule has 1 rings (SSSR count). The van der Waals surface area contributed by atoms with E-state index >= 15 is 0 Å². The summed E-state index contributed by atoms with van der Waals surface area (Å²) in [5.41, 5.74) is -0.278. The first-order valence-electron chi connectivity index (χ1n) is 3.73. The number of Topliss-reactive ketones (excluding diaryl/α,β-unsaturated/α-hetero) is 1. The number of hydrogen-bond acceptors (Lipinski definition) is 2. The van der Waals surface area contributed by atoms with Gasteiger partial charge in [-0.3, -0.25) is 4.79 Å². The van der Waals surface area contributed by atoms with E-state index in [0.29, 0.717) is 0 Å². The van der Waals surface area contributed by atoms with Crippen LogP contribution in [-0.2, 0) is 0 Å². The average Bonchev–Trinajstić information content (AvgIpc) is 2.21. The van der Waals surface area contributed by atoms with Crippen molar-refractivity contribution >= 4 is 21.7 Å². The van der Waals surface area contributed by atoms with Gasteiger partial charge in [0.15, 0.2) is 17.3 Å². The third kappa shape index (κ3) is 1.92. The lowest BCUT2D eigenvalue weighted by Crippen LogP contribution is -2.06. The number of hydrogen-bond donors (Lipinski definition) is 0. The molecule has 0 fully saturated rings. The molecule has 0 saturated carbocycles. The van der Waals surface area contributed by atoms with Gasteiger partial charge in [0.05, 0.1) is 18.0 Å². The van der Waals surface area contributed by atoms with Crippen molar-refractivity contribution in [1.82, 2.24) is 0 Å². The lowest BCUT2D eigenvalue weighted by molar-refractivity contribution is 0.101. The minimum absolute atomic E-state index is 0.0459. The van der Waals surface area contributed by atoms with Crippen LogP contribution in [0.3, 0.4) is 0 Å². The van der Waals surface area contributed by atoms with Crippen LogP contribution in [0, 0.1) is 11.6 Å². The highest BCUT2D eigenvalue weighted by atomic mass is 79.9. The van der Waals surface area contributed by atoms with Gasteiger partial charge in [0.2, 0.25) is 5.82 Å². The fraction of sp³-hybridized carbons (Fsp3) is 0.222. The predicted molar refractivity (Wildman–Crippen MR) is 51.0 cm³/mol. The van der Waals surface area contributed by atoms with Crippen molar-refractivity contribution in [2.24, 2.45) is 0 Å². The molecular weight excluding hydrogens is 258 g/mol. The van der Waals surface area contributed by atoms with E-state index in [4.69, 9.17) is 0 Å². The van der Waals surface area contributed by atoms with Gasteiger partial charge in [-0.15, -0.1) is 0 Å². The molecule has 76 valence electrons. The lowest BCUT2D eigenvalue weighted by Gasteiger charge is -2.05. The summed E-state index contributed by atoms with van der Waals surface area (Å²) in [4.78, 5) is 11.1. The highest BCUT2D eigenvalue weighted by molar-refractivity contribution is 9.09. The lowest BCUT2D eigenvalue weighted by atomic mass is 10.1. The van der Waals surface area contributed by atoms with Gasteiger partial charge in [-0.05, 0) is 12.1 Å². The minimum Gasteiger partial charge on any atom is -0.494 e. The Kier molecular flexibility index (Phi) is 3.57. The highest BCUT2D eigenvalue weighted by Crippen LogP contribution is 2.22. The van der Waals surface area contributed by atoms with Gasteiger partial charge < -0.3 is 4.74 Å². The first-order chi connectivity index (χ1) is 6.61. The van der Waals surface area contributed by atoms with Gasteiger partial charge >= 0.3 is 0 Å². The second-order valence-electron chi connectivity index (χ2n) is 2.50. The fourth-order valence-electron chi connectivity index (χ4n) is 0.977. The van der Waals surface area contributed by atoms with E-state index in [1.807, 2.05) is 0 Å². The molecule has 0 aliphatic carbocycles. The topological polar surface area (TPSA) is 26.3 Å². The molecule has 2 nitrogen and oxygen atoms in total. The van der Waals surface area contributed by atoms with Crippen molar-refractivity contribution in [3.63, 3.8) is 0 Å². The maximum atomic E-state index is 13.2. The Morgan fingerprint density at radius 3 is 2.57 bits per heavy atom. The molecule has 1 aromatic carbocycles. The predicted octanol–water partition coefficient (Wildman–Crippen LogP) is 2.55. The van der Waals surface area contributed by atoms with Crippen LogP contribution in [0.25, 0.3) is 0 Å². The van der Waals surface area contributed by atoms with E-state index in [-0.39, 0.29) is 16.6 Å². The molecule has 0 saturated heterocycles. The van der Waals surface area contributed by atoms with Crippen LogP contribution in [0.1, 0.15) is 10.4 Å². The quantitative estimate of drug-likeness (QED) is 0.620. The Morgan fingerprint density at radius 2 is 2.07 bits per heavy atom. The summed E-state index contributed by atoms with van der Waals surface area (Å²) in [6.07, 6.45) is 0. The molecule has 5 heteroatoms. The number of carbonyl (C=O) groups is 1. The van der Waals surface area contributed by atoms with E-state index in [1.165, 1.54) is 19.2 Å². The second kappa shape index (κ2) is 4.50.